The molecule has 0 spiro atoms. The van der Waals surface area contributed by atoms with Gasteiger partial charge in [0.25, 0.3) is 0 Å². The van der Waals surface area contributed by atoms with Crippen molar-refractivity contribution < 1.29 is 4.74 Å². The standard InChI is InChI=1S/C11H17NO/c1-10(7-8-12)13-9-11-5-3-2-4-6-11/h5,10H,2-4,6-7,9H2,1H3. The molecule has 1 aliphatic carbocycles. The van der Waals surface area contributed by atoms with E-state index in [1.165, 1.54) is 31.3 Å². The fourth-order valence-corrected chi connectivity index (χ4v) is 1.47. The third kappa shape index (κ3) is 4.10. The van der Waals surface area contributed by atoms with Gasteiger partial charge in [-0.3, -0.25) is 0 Å². The van der Waals surface area contributed by atoms with Gasteiger partial charge in [0.2, 0.25) is 0 Å². The van der Waals surface area contributed by atoms with E-state index in [2.05, 4.69) is 12.1 Å². The average molecular weight is 179 g/mol. The molecule has 0 aliphatic heterocycles. The highest BCUT2D eigenvalue weighted by Crippen LogP contribution is 2.17. The van der Waals surface area contributed by atoms with E-state index in [1.807, 2.05) is 6.92 Å². The van der Waals surface area contributed by atoms with Gasteiger partial charge in [-0.25, -0.2) is 0 Å². The summed E-state index contributed by atoms with van der Waals surface area (Å²) in [6, 6.07) is 2.11. The fraction of sp³-hybridized carbons (Fsp3) is 0.727. The first-order valence-corrected chi connectivity index (χ1v) is 4.99. The second kappa shape index (κ2) is 5.77. The summed E-state index contributed by atoms with van der Waals surface area (Å²) >= 11 is 0. The Morgan fingerprint density at radius 1 is 1.62 bits per heavy atom. The number of rotatable bonds is 4. The summed E-state index contributed by atoms with van der Waals surface area (Å²) in [7, 11) is 0. The molecule has 2 heteroatoms. The molecule has 72 valence electrons. The lowest BCUT2D eigenvalue weighted by molar-refractivity contribution is 0.0848. The largest absolute Gasteiger partial charge is 0.373 e. The molecule has 0 heterocycles. The summed E-state index contributed by atoms with van der Waals surface area (Å²) in [6.07, 6.45) is 7.84. The van der Waals surface area contributed by atoms with Crippen LogP contribution >= 0.6 is 0 Å². The van der Waals surface area contributed by atoms with E-state index in [4.69, 9.17) is 10.00 Å². The van der Waals surface area contributed by atoms with Crippen molar-refractivity contribution in [3.63, 3.8) is 0 Å². The van der Waals surface area contributed by atoms with Gasteiger partial charge in [-0.15, -0.1) is 0 Å². The van der Waals surface area contributed by atoms with Crippen LogP contribution in [0.4, 0.5) is 0 Å². The Balaban J connectivity index is 2.18. The van der Waals surface area contributed by atoms with Crippen molar-refractivity contribution in [1.29, 1.82) is 5.26 Å². The molecule has 1 atom stereocenters. The van der Waals surface area contributed by atoms with Crippen LogP contribution in [0.25, 0.3) is 0 Å². The number of nitrogens with zero attached hydrogens (tertiary/aromatic N) is 1. The molecule has 0 saturated carbocycles. The van der Waals surface area contributed by atoms with Crippen LogP contribution in [0.15, 0.2) is 11.6 Å². The molecule has 0 fully saturated rings. The van der Waals surface area contributed by atoms with Crippen LogP contribution in [0.5, 0.6) is 0 Å². The summed E-state index contributed by atoms with van der Waals surface area (Å²) in [6.45, 7) is 2.68. The van der Waals surface area contributed by atoms with E-state index in [0.29, 0.717) is 6.42 Å². The monoisotopic (exact) mass is 179 g/mol. The molecular weight excluding hydrogens is 162 g/mol. The first-order valence-electron chi connectivity index (χ1n) is 4.99. The van der Waals surface area contributed by atoms with Gasteiger partial charge in [-0.2, -0.15) is 5.26 Å². The number of allylic oxidation sites excluding steroid dienone is 1. The second-order valence-corrected chi connectivity index (χ2v) is 3.59. The smallest absolute Gasteiger partial charge is 0.0681 e. The minimum atomic E-state index is 0.0767. The Hall–Kier alpha value is -0.810. The van der Waals surface area contributed by atoms with Crippen molar-refractivity contribution in [1.82, 2.24) is 0 Å². The molecule has 0 aromatic carbocycles. The Morgan fingerprint density at radius 3 is 3.08 bits per heavy atom. The summed E-state index contributed by atoms with van der Waals surface area (Å²) in [5.74, 6) is 0. The van der Waals surface area contributed by atoms with Crippen molar-refractivity contribution in [2.24, 2.45) is 0 Å². The van der Waals surface area contributed by atoms with Crippen LogP contribution in [-0.4, -0.2) is 12.7 Å². The first-order chi connectivity index (χ1) is 6.33. The molecule has 0 N–H and O–H groups in total. The average Bonchev–Trinajstić information content (AvgIpc) is 2.17. The summed E-state index contributed by atoms with van der Waals surface area (Å²) < 4.78 is 5.53. The highest BCUT2D eigenvalue weighted by Gasteiger charge is 2.06. The number of hydrogen-bond acceptors (Lipinski definition) is 2. The number of hydrogen-bond donors (Lipinski definition) is 0. The Labute approximate surface area is 80.2 Å². The van der Waals surface area contributed by atoms with Crippen molar-refractivity contribution in [3.8, 4) is 6.07 Å². The maximum Gasteiger partial charge on any atom is 0.0681 e. The molecule has 1 rings (SSSR count). The van der Waals surface area contributed by atoms with E-state index < -0.39 is 0 Å². The van der Waals surface area contributed by atoms with Gasteiger partial charge < -0.3 is 4.74 Å². The van der Waals surface area contributed by atoms with E-state index in [-0.39, 0.29) is 6.10 Å². The van der Waals surface area contributed by atoms with E-state index in [1.54, 1.807) is 0 Å². The molecule has 2 nitrogen and oxygen atoms in total. The normalized spacial score (nSPS) is 18.9. The summed E-state index contributed by atoms with van der Waals surface area (Å²) in [4.78, 5) is 0. The van der Waals surface area contributed by atoms with Crippen molar-refractivity contribution >= 4 is 0 Å². The molecule has 1 unspecified atom stereocenters. The maximum absolute atomic E-state index is 8.43. The van der Waals surface area contributed by atoms with Crippen LogP contribution < -0.4 is 0 Å². The third-order valence-electron chi connectivity index (χ3n) is 2.32. The summed E-state index contributed by atoms with van der Waals surface area (Å²) in [5.41, 5.74) is 1.41. The SMILES string of the molecule is CC(CC#N)OCC1=CCCCC1. The van der Waals surface area contributed by atoms with E-state index in [0.717, 1.165) is 6.61 Å². The van der Waals surface area contributed by atoms with Crippen LogP contribution in [0.1, 0.15) is 39.0 Å². The zero-order valence-corrected chi connectivity index (χ0v) is 8.25. The maximum atomic E-state index is 8.43. The topological polar surface area (TPSA) is 33.0 Å². The van der Waals surface area contributed by atoms with Gasteiger partial charge in [0.15, 0.2) is 0 Å². The van der Waals surface area contributed by atoms with Gasteiger partial charge in [-0.05, 0) is 38.2 Å². The van der Waals surface area contributed by atoms with E-state index in [9.17, 15) is 0 Å². The Kier molecular flexibility index (Phi) is 4.56. The van der Waals surface area contributed by atoms with Crippen molar-refractivity contribution in [2.75, 3.05) is 6.61 Å². The predicted molar refractivity (Wildman–Crippen MR) is 52.2 cm³/mol. The molecule has 0 saturated heterocycles. The molecule has 0 aromatic rings. The fourth-order valence-electron chi connectivity index (χ4n) is 1.47. The van der Waals surface area contributed by atoms with Crippen LogP contribution in [0, 0.1) is 11.3 Å². The highest BCUT2D eigenvalue weighted by molar-refractivity contribution is 5.05. The minimum Gasteiger partial charge on any atom is -0.373 e. The first kappa shape index (κ1) is 10.3. The zero-order chi connectivity index (χ0) is 9.52. The molecule has 0 bridgehead atoms. The van der Waals surface area contributed by atoms with Crippen LogP contribution in [0.3, 0.4) is 0 Å². The van der Waals surface area contributed by atoms with Gasteiger partial charge >= 0.3 is 0 Å². The zero-order valence-electron chi connectivity index (χ0n) is 8.25. The van der Waals surface area contributed by atoms with Crippen molar-refractivity contribution in [3.05, 3.63) is 11.6 Å². The lowest BCUT2D eigenvalue weighted by Crippen LogP contribution is -2.10. The quantitative estimate of drug-likeness (QED) is 0.622. The van der Waals surface area contributed by atoms with Crippen LogP contribution in [-0.2, 0) is 4.74 Å². The lowest BCUT2D eigenvalue weighted by atomic mass is 10.0. The number of nitriles is 1. The lowest BCUT2D eigenvalue weighted by Gasteiger charge is -2.15. The van der Waals surface area contributed by atoms with E-state index >= 15 is 0 Å². The second-order valence-electron chi connectivity index (χ2n) is 3.59. The highest BCUT2D eigenvalue weighted by atomic mass is 16.5. The number of ether oxygens (including phenoxy) is 1. The van der Waals surface area contributed by atoms with Gasteiger partial charge in [-0.1, -0.05) is 6.08 Å². The molecule has 13 heavy (non-hydrogen) atoms. The molecule has 0 aromatic heterocycles. The van der Waals surface area contributed by atoms with Gasteiger partial charge in [0.05, 0.1) is 25.2 Å². The molecular formula is C11H17NO. The molecule has 0 amide bonds. The van der Waals surface area contributed by atoms with Gasteiger partial charge in [0, 0.05) is 0 Å². The third-order valence-corrected chi connectivity index (χ3v) is 2.32. The van der Waals surface area contributed by atoms with Gasteiger partial charge in [0.1, 0.15) is 0 Å². The van der Waals surface area contributed by atoms with Crippen molar-refractivity contribution in [2.45, 2.75) is 45.1 Å². The minimum absolute atomic E-state index is 0.0767. The Morgan fingerprint density at radius 2 is 2.46 bits per heavy atom. The predicted octanol–water partition coefficient (Wildman–Crippen LogP) is 2.81. The molecule has 0 radical (unpaired) electrons. The summed E-state index contributed by atoms with van der Waals surface area (Å²) in [5, 5.41) is 8.43. The molecule has 1 aliphatic rings. The Bertz CT molecular complexity index is 215. The van der Waals surface area contributed by atoms with Crippen LogP contribution in [0.2, 0.25) is 0 Å².